The Balaban J connectivity index is 0.000000735. The Morgan fingerprint density at radius 2 is 1.93 bits per heavy atom. The van der Waals surface area contributed by atoms with Crippen LogP contribution in [-0.4, -0.2) is 51.7 Å². The van der Waals surface area contributed by atoms with Gasteiger partial charge in [0.2, 0.25) is 0 Å². The molecule has 0 fully saturated rings. The lowest BCUT2D eigenvalue weighted by atomic mass is 10.1. The highest BCUT2D eigenvalue weighted by Crippen LogP contribution is 2.29. The largest absolute Gasteiger partial charge is 0.493 e. The molecule has 1 aromatic carbocycles. The molecule has 1 amide bonds. The van der Waals surface area contributed by atoms with E-state index in [9.17, 15) is 9.59 Å². The number of hydrogen-bond donors (Lipinski definition) is 2. The van der Waals surface area contributed by atoms with Crippen molar-refractivity contribution in [3.05, 3.63) is 51.2 Å². The molecule has 0 unspecified atom stereocenters. The fourth-order valence-electron chi connectivity index (χ4n) is 2.95. The average molecular weight is 418 g/mol. The third-order valence-corrected chi connectivity index (χ3v) is 4.46. The maximum absolute atomic E-state index is 12.9. The summed E-state index contributed by atoms with van der Waals surface area (Å²) in [7, 11) is 3.22. The number of carboxylic acids is 1. The van der Waals surface area contributed by atoms with E-state index >= 15 is 0 Å². The second kappa shape index (κ2) is 9.88. The van der Waals surface area contributed by atoms with Gasteiger partial charge in [-0.25, -0.2) is 4.98 Å². The third-order valence-electron chi connectivity index (χ3n) is 4.46. The minimum atomic E-state index is -0.833. The Hall–Kier alpha value is -3.40. The molecule has 0 bridgehead atoms. The van der Waals surface area contributed by atoms with Crippen molar-refractivity contribution in [2.24, 2.45) is 12.8 Å². The number of aromatic nitrogens is 2. The summed E-state index contributed by atoms with van der Waals surface area (Å²) in [6.45, 7) is 4.10. The number of carboxylic acid groups (broad SMARTS) is 1. The molecule has 30 heavy (non-hydrogen) atoms. The zero-order chi connectivity index (χ0) is 22.4. The molecule has 0 aliphatic carbocycles. The van der Waals surface area contributed by atoms with E-state index in [-0.39, 0.29) is 18.0 Å². The van der Waals surface area contributed by atoms with Crippen molar-refractivity contribution in [1.29, 1.82) is 0 Å². The van der Waals surface area contributed by atoms with Crippen LogP contribution in [-0.2, 0) is 24.9 Å². The van der Waals surface area contributed by atoms with Crippen LogP contribution in [0.1, 0.15) is 34.4 Å². The zero-order valence-corrected chi connectivity index (χ0v) is 17.5. The van der Waals surface area contributed by atoms with Crippen molar-refractivity contribution in [2.45, 2.75) is 26.9 Å². The average Bonchev–Trinajstić information content (AvgIpc) is 3.13. The van der Waals surface area contributed by atoms with Gasteiger partial charge in [-0.2, -0.15) is 0 Å². The van der Waals surface area contributed by atoms with Crippen LogP contribution in [0.2, 0.25) is 0 Å². The Labute approximate surface area is 173 Å². The van der Waals surface area contributed by atoms with E-state index in [1.165, 1.54) is 11.7 Å². The quantitative estimate of drug-likeness (QED) is 0.723. The molecular weight excluding hydrogens is 392 g/mol. The molecular formula is C20H26N4O6. The summed E-state index contributed by atoms with van der Waals surface area (Å²) in [6.07, 6.45) is 0. The standard InChI is InChI=1S/C18H22N4O4.C2H4O2/c1-11-20-14-10-22(9-13(14)18(24)21(11)2)17(23)12-4-5-15(25-3)16(8-12)26-7-6-19;1-2(3)4/h4-5,8H,6-7,9-10,19H2,1-3H3;1H3,(H,3,4). The molecule has 0 spiro atoms. The molecule has 0 saturated heterocycles. The number of nitrogens with two attached hydrogens (primary N) is 1. The van der Waals surface area contributed by atoms with E-state index < -0.39 is 5.97 Å². The Morgan fingerprint density at radius 1 is 1.27 bits per heavy atom. The lowest BCUT2D eigenvalue weighted by Crippen LogP contribution is -2.27. The first-order valence-corrected chi connectivity index (χ1v) is 9.24. The number of ether oxygens (including phenoxy) is 2. The van der Waals surface area contributed by atoms with E-state index in [2.05, 4.69) is 4.98 Å². The van der Waals surface area contributed by atoms with Crippen molar-refractivity contribution >= 4 is 11.9 Å². The maximum atomic E-state index is 12.9. The number of aliphatic carboxylic acids is 1. The molecule has 0 atom stereocenters. The maximum Gasteiger partial charge on any atom is 0.300 e. The highest BCUT2D eigenvalue weighted by atomic mass is 16.5. The molecule has 3 N–H and O–H groups in total. The van der Waals surface area contributed by atoms with Crippen LogP contribution >= 0.6 is 0 Å². The molecule has 162 valence electrons. The third kappa shape index (κ3) is 5.15. The summed E-state index contributed by atoms with van der Waals surface area (Å²) in [5.74, 6) is 0.601. The topological polar surface area (TPSA) is 137 Å². The van der Waals surface area contributed by atoms with Crippen LogP contribution in [0.25, 0.3) is 0 Å². The summed E-state index contributed by atoms with van der Waals surface area (Å²) >= 11 is 0. The summed E-state index contributed by atoms with van der Waals surface area (Å²) in [5, 5.41) is 7.42. The first-order chi connectivity index (χ1) is 14.2. The molecule has 10 nitrogen and oxygen atoms in total. The van der Waals surface area contributed by atoms with Crippen LogP contribution in [0.4, 0.5) is 0 Å². The van der Waals surface area contributed by atoms with Gasteiger partial charge < -0.3 is 25.2 Å². The zero-order valence-electron chi connectivity index (χ0n) is 17.5. The number of hydrogen-bond acceptors (Lipinski definition) is 7. The molecule has 0 radical (unpaired) electrons. The van der Waals surface area contributed by atoms with Crippen molar-refractivity contribution in [3.63, 3.8) is 0 Å². The van der Waals surface area contributed by atoms with Crippen molar-refractivity contribution in [2.75, 3.05) is 20.3 Å². The molecule has 1 aliphatic heterocycles. The highest BCUT2D eigenvalue weighted by molar-refractivity contribution is 5.95. The number of methoxy groups -OCH3 is 1. The lowest BCUT2D eigenvalue weighted by Gasteiger charge is -2.17. The van der Waals surface area contributed by atoms with Gasteiger partial charge in [-0.05, 0) is 25.1 Å². The highest BCUT2D eigenvalue weighted by Gasteiger charge is 2.29. The predicted molar refractivity (Wildman–Crippen MR) is 109 cm³/mol. The SMILES string of the molecule is CC(=O)O.COc1ccc(C(=O)N2Cc3nc(C)n(C)c(=O)c3C2)cc1OCCN. The molecule has 1 aliphatic rings. The predicted octanol–water partition coefficient (Wildman–Crippen LogP) is 0.682. The van der Waals surface area contributed by atoms with E-state index in [1.807, 2.05) is 0 Å². The van der Waals surface area contributed by atoms with Crippen molar-refractivity contribution in [1.82, 2.24) is 14.5 Å². The second-order valence-corrected chi connectivity index (χ2v) is 6.63. The first-order valence-electron chi connectivity index (χ1n) is 9.24. The molecule has 10 heteroatoms. The normalized spacial score (nSPS) is 12.0. The van der Waals surface area contributed by atoms with Crippen LogP contribution in [0, 0.1) is 6.92 Å². The van der Waals surface area contributed by atoms with Gasteiger partial charge in [0.15, 0.2) is 11.5 Å². The van der Waals surface area contributed by atoms with Gasteiger partial charge in [-0.15, -0.1) is 0 Å². The molecule has 3 rings (SSSR count). The van der Waals surface area contributed by atoms with E-state index in [0.29, 0.717) is 53.8 Å². The number of carbonyl (C=O) groups is 2. The lowest BCUT2D eigenvalue weighted by molar-refractivity contribution is -0.134. The van der Waals surface area contributed by atoms with Crippen LogP contribution in [0.3, 0.4) is 0 Å². The van der Waals surface area contributed by atoms with E-state index in [1.54, 1.807) is 37.1 Å². The number of benzene rings is 1. The van der Waals surface area contributed by atoms with Gasteiger partial charge in [0.25, 0.3) is 17.4 Å². The number of aryl methyl sites for hydroxylation is 1. The summed E-state index contributed by atoms with van der Waals surface area (Å²) in [5.41, 5.74) is 7.05. The number of amides is 1. The molecule has 0 saturated carbocycles. The Kier molecular flexibility index (Phi) is 7.54. The van der Waals surface area contributed by atoms with Gasteiger partial charge >= 0.3 is 0 Å². The number of rotatable bonds is 5. The van der Waals surface area contributed by atoms with Gasteiger partial charge in [-0.1, -0.05) is 0 Å². The van der Waals surface area contributed by atoms with Gasteiger partial charge in [-0.3, -0.25) is 19.0 Å². The second-order valence-electron chi connectivity index (χ2n) is 6.63. The molecule has 2 aromatic rings. The summed E-state index contributed by atoms with van der Waals surface area (Å²) < 4.78 is 12.3. The van der Waals surface area contributed by atoms with Crippen LogP contribution in [0.15, 0.2) is 23.0 Å². The van der Waals surface area contributed by atoms with Crippen molar-refractivity contribution in [3.8, 4) is 11.5 Å². The number of carbonyl (C=O) groups excluding carboxylic acids is 1. The van der Waals surface area contributed by atoms with Crippen LogP contribution in [0.5, 0.6) is 11.5 Å². The van der Waals surface area contributed by atoms with E-state index in [0.717, 1.165) is 6.92 Å². The Morgan fingerprint density at radius 3 is 2.53 bits per heavy atom. The fraction of sp³-hybridized carbons (Fsp3) is 0.400. The fourth-order valence-corrected chi connectivity index (χ4v) is 2.95. The first kappa shape index (κ1) is 22.9. The summed E-state index contributed by atoms with van der Waals surface area (Å²) in [4.78, 5) is 40.3. The van der Waals surface area contributed by atoms with Gasteiger partial charge in [0.1, 0.15) is 12.4 Å². The van der Waals surface area contributed by atoms with E-state index in [4.69, 9.17) is 25.1 Å². The molecule has 1 aromatic heterocycles. The molecule has 2 heterocycles. The van der Waals surface area contributed by atoms with Gasteiger partial charge in [0, 0.05) is 26.1 Å². The summed E-state index contributed by atoms with van der Waals surface area (Å²) in [6, 6.07) is 5.00. The smallest absolute Gasteiger partial charge is 0.300 e. The van der Waals surface area contributed by atoms with Crippen LogP contribution < -0.4 is 20.8 Å². The monoisotopic (exact) mass is 418 g/mol. The minimum Gasteiger partial charge on any atom is -0.493 e. The van der Waals surface area contributed by atoms with Crippen molar-refractivity contribution < 1.29 is 24.2 Å². The number of nitrogens with zero attached hydrogens (tertiary/aromatic N) is 3. The number of fused-ring (bicyclic) bond motifs is 1. The van der Waals surface area contributed by atoms with Gasteiger partial charge in [0.05, 0.1) is 31.5 Å². The minimum absolute atomic E-state index is 0.107. The Bertz CT molecular complexity index is 998.